The first-order valence-electron chi connectivity index (χ1n) is 6.62. The predicted octanol–water partition coefficient (Wildman–Crippen LogP) is 3.98. The van der Waals surface area contributed by atoms with Crippen molar-refractivity contribution in [3.63, 3.8) is 0 Å². The van der Waals surface area contributed by atoms with E-state index in [9.17, 15) is 14.9 Å². The van der Waals surface area contributed by atoms with Crippen molar-refractivity contribution in [2.24, 2.45) is 5.92 Å². The minimum atomic E-state index is -1.42. The number of aromatic nitrogens is 1. The van der Waals surface area contributed by atoms with Gasteiger partial charge in [0.1, 0.15) is 5.01 Å². The zero-order valence-corrected chi connectivity index (χ0v) is 13.6. The lowest BCUT2D eigenvalue weighted by atomic mass is 9.97. The van der Waals surface area contributed by atoms with Crippen LogP contribution in [0, 0.1) is 24.2 Å². The maximum absolute atomic E-state index is 12.5. The standard InChI is InChI=1S/C16H10N2O3S2/c1-9-2-4-21-15(9)14(20)11(6-17)13(19)12-7-18-16(23-12)10-3-5-22-8-10/h2-5,7-8,11H,1H3/t11-/m1/s1. The molecule has 0 saturated carbocycles. The average molecular weight is 342 g/mol. The summed E-state index contributed by atoms with van der Waals surface area (Å²) in [5, 5.41) is 13.8. The van der Waals surface area contributed by atoms with Crippen LogP contribution in [-0.2, 0) is 0 Å². The van der Waals surface area contributed by atoms with Crippen LogP contribution in [0.4, 0.5) is 0 Å². The first kappa shape index (κ1) is 15.3. The molecule has 0 fully saturated rings. The number of carbonyl (C=O) groups is 2. The van der Waals surface area contributed by atoms with E-state index in [-0.39, 0.29) is 10.6 Å². The van der Waals surface area contributed by atoms with Crippen LogP contribution in [0.15, 0.2) is 39.8 Å². The number of thiophene rings is 1. The highest BCUT2D eigenvalue weighted by atomic mass is 32.1. The Morgan fingerprint density at radius 1 is 1.35 bits per heavy atom. The van der Waals surface area contributed by atoms with Gasteiger partial charge in [-0.3, -0.25) is 9.59 Å². The minimum absolute atomic E-state index is 0.0486. The van der Waals surface area contributed by atoms with Crippen molar-refractivity contribution in [2.75, 3.05) is 0 Å². The zero-order chi connectivity index (χ0) is 16.4. The van der Waals surface area contributed by atoms with Crippen LogP contribution in [0.25, 0.3) is 10.6 Å². The summed E-state index contributed by atoms with van der Waals surface area (Å²) in [5.41, 5.74) is 1.52. The van der Waals surface area contributed by atoms with Crippen molar-refractivity contribution in [1.82, 2.24) is 4.98 Å². The summed E-state index contributed by atoms with van der Waals surface area (Å²) < 4.78 is 5.10. The van der Waals surface area contributed by atoms with Crippen molar-refractivity contribution in [1.29, 1.82) is 5.26 Å². The van der Waals surface area contributed by atoms with Gasteiger partial charge >= 0.3 is 0 Å². The number of hydrogen-bond donors (Lipinski definition) is 0. The maximum atomic E-state index is 12.5. The van der Waals surface area contributed by atoms with Gasteiger partial charge in [-0.1, -0.05) is 0 Å². The third-order valence-corrected chi connectivity index (χ3v) is 5.00. The summed E-state index contributed by atoms with van der Waals surface area (Å²) >= 11 is 2.70. The Hall–Kier alpha value is -2.56. The predicted molar refractivity (Wildman–Crippen MR) is 86.6 cm³/mol. The molecule has 3 aromatic rings. The number of nitriles is 1. The second kappa shape index (κ2) is 6.28. The number of thiazole rings is 1. The molecule has 0 bridgehead atoms. The Morgan fingerprint density at radius 3 is 2.78 bits per heavy atom. The molecule has 0 spiro atoms. The van der Waals surface area contributed by atoms with E-state index in [1.54, 1.807) is 19.1 Å². The van der Waals surface area contributed by atoms with E-state index < -0.39 is 17.5 Å². The molecule has 0 radical (unpaired) electrons. The van der Waals surface area contributed by atoms with Gasteiger partial charge in [0.2, 0.25) is 5.78 Å². The lowest BCUT2D eigenvalue weighted by Crippen LogP contribution is -2.22. The van der Waals surface area contributed by atoms with Crippen molar-refractivity contribution in [3.05, 3.63) is 51.6 Å². The van der Waals surface area contributed by atoms with E-state index in [1.165, 1.54) is 35.1 Å². The molecule has 0 aromatic carbocycles. The molecule has 0 saturated heterocycles. The molecule has 3 heterocycles. The van der Waals surface area contributed by atoms with Gasteiger partial charge in [0.15, 0.2) is 17.5 Å². The summed E-state index contributed by atoms with van der Waals surface area (Å²) in [6.07, 6.45) is 2.77. The normalized spacial score (nSPS) is 11.8. The van der Waals surface area contributed by atoms with Crippen LogP contribution >= 0.6 is 22.7 Å². The molecule has 0 unspecified atom stereocenters. The van der Waals surface area contributed by atoms with Gasteiger partial charge in [0, 0.05) is 17.1 Å². The molecular weight excluding hydrogens is 332 g/mol. The smallest absolute Gasteiger partial charge is 0.223 e. The highest BCUT2D eigenvalue weighted by Gasteiger charge is 2.32. The molecule has 3 rings (SSSR count). The van der Waals surface area contributed by atoms with Crippen molar-refractivity contribution < 1.29 is 14.0 Å². The zero-order valence-electron chi connectivity index (χ0n) is 12.0. The van der Waals surface area contributed by atoms with Crippen molar-refractivity contribution >= 4 is 34.2 Å². The summed E-state index contributed by atoms with van der Waals surface area (Å²) in [6.45, 7) is 1.69. The molecular formula is C16H10N2O3S2. The Bertz CT molecular complexity index is 900. The first-order chi connectivity index (χ1) is 11.1. The van der Waals surface area contributed by atoms with Crippen LogP contribution in [0.3, 0.4) is 0 Å². The molecule has 0 N–H and O–H groups in total. The molecule has 5 nitrogen and oxygen atoms in total. The Balaban J connectivity index is 1.88. The van der Waals surface area contributed by atoms with Crippen LogP contribution in [0.5, 0.6) is 0 Å². The summed E-state index contributed by atoms with van der Waals surface area (Å²) in [5.74, 6) is -2.54. The Kier molecular flexibility index (Phi) is 4.19. The summed E-state index contributed by atoms with van der Waals surface area (Å²) in [6, 6.07) is 5.30. The largest absolute Gasteiger partial charge is 0.461 e. The Morgan fingerprint density at radius 2 is 2.17 bits per heavy atom. The van der Waals surface area contributed by atoms with E-state index >= 15 is 0 Å². The SMILES string of the molecule is Cc1ccoc1C(=O)[C@H](C#N)C(=O)c1cnc(-c2ccsc2)s1. The first-order valence-corrected chi connectivity index (χ1v) is 8.38. The monoisotopic (exact) mass is 342 g/mol. The van der Waals surface area contributed by atoms with Crippen molar-refractivity contribution in [2.45, 2.75) is 6.92 Å². The fourth-order valence-corrected chi connectivity index (χ4v) is 3.64. The van der Waals surface area contributed by atoms with E-state index in [2.05, 4.69) is 4.98 Å². The number of rotatable bonds is 5. The van der Waals surface area contributed by atoms with Crippen LogP contribution in [0.1, 0.15) is 25.8 Å². The van der Waals surface area contributed by atoms with Gasteiger partial charge in [-0.15, -0.1) is 11.3 Å². The van der Waals surface area contributed by atoms with E-state index in [1.807, 2.05) is 16.8 Å². The lowest BCUT2D eigenvalue weighted by molar-refractivity contribution is 0.0830. The number of nitrogens with zero attached hydrogens (tertiary/aromatic N) is 2. The fraction of sp³-hybridized carbons (Fsp3) is 0.125. The van der Waals surface area contributed by atoms with E-state index in [0.29, 0.717) is 10.6 Å². The van der Waals surface area contributed by atoms with Crippen LogP contribution in [-0.4, -0.2) is 16.6 Å². The molecule has 0 amide bonds. The molecule has 0 aliphatic rings. The number of ketones is 2. The van der Waals surface area contributed by atoms with E-state index in [0.717, 1.165) is 5.56 Å². The number of furan rings is 1. The molecule has 0 aliphatic carbocycles. The van der Waals surface area contributed by atoms with Crippen molar-refractivity contribution in [3.8, 4) is 16.6 Å². The number of carbonyl (C=O) groups excluding carboxylic acids is 2. The number of aryl methyl sites for hydroxylation is 1. The highest BCUT2D eigenvalue weighted by Crippen LogP contribution is 2.29. The fourth-order valence-electron chi connectivity index (χ4n) is 2.04. The van der Waals surface area contributed by atoms with Gasteiger partial charge in [-0.25, -0.2) is 4.98 Å². The van der Waals surface area contributed by atoms with Gasteiger partial charge in [-0.05, 0) is 30.0 Å². The van der Waals surface area contributed by atoms with Crippen LogP contribution < -0.4 is 0 Å². The van der Waals surface area contributed by atoms with Gasteiger partial charge in [-0.2, -0.15) is 16.6 Å². The highest BCUT2D eigenvalue weighted by molar-refractivity contribution is 7.17. The molecule has 7 heteroatoms. The summed E-state index contributed by atoms with van der Waals surface area (Å²) in [4.78, 5) is 29.3. The van der Waals surface area contributed by atoms with Crippen LogP contribution in [0.2, 0.25) is 0 Å². The van der Waals surface area contributed by atoms with Gasteiger partial charge < -0.3 is 4.42 Å². The Labute approximate surface area is 139 Å². The van der Waals surface area contributed by atoms with E-state index in [4.69, 9.17) is 4.42 Å². The van der Waals surface area contributed by atoms with Gasteiger partial charge in [0.25, 0.3) is 0 Å². The topological polar surface area (TPSA) is 84.0 Å². The summed E-state index contributed by atoms with van der Waals surface area (Å²) in [7, 11) is 0. The second-order valence-corrected chi connectivity index (χ2v) is 6.58. The number of hydrogen-bond acceptors (Lipinski definition) is 7. The molecule has 3 aromatic heterocycles. The van der Waals surface area contributed by atoms with Gasteiger partial charge in [0.05, 0.1) is 17.2 Å². The average Bonchev–Trinajstić information content (AvgIpc) is 3.28. The second-order valence-electron chi connectivity index (χ2n) is 4.77. The molecule has 1 atom stereocenters. The third-order valence-electron chi connectivity index (χ3n) is 3.26. The lowest BCUT2D eigenvalue weighted by Gasteiger charge is -2.04. The molecule has 114 valence electrons. The molecule has 0 aliphatic heterocycles. The minimum Gasteiger partial charge on any atom is -0.461 e. The molecule has 23 heavy (non-hydrogen) atoms. The maximum Gasteiger partial charge on any atom is 0.223 e. The third kappa shape index (κ3) is 2.86. The number of Topliss-reactive ketones (excluding diaryl/α,β-unsaturated/α-hetero) is 2. The quantitative estimate of drug-likeness (QED) is 0.517.